The number of nitrogens with one attached hydrogen (secondary N) is 1. The molecule has 124 valence electrons. The van der Waals surface area contributed by atoms with Gasteiger partial charge in [-0.2, -0.15) is 0 Å². The summed E-state index contributed by atoms with van der Waals surface area (Å²) in [5.41, 5.74) is 3.47. The van der Waals surface area contributed by atoms with Crippen LogP contribution in [0.2, 0.25) is 0 Å². The summed E-state index contributed by atoms with van der Waals surface area (Å²) in [5.74, 6) is 0.582. The van der Waals surface area contributed by atoms with Gasteiger partial charge in [0.15, 0.2) is 6.61 Å². The van der Waals surface area contributed by atoms with E-state index in [4.69, 9.17) is 4.74 Å². The highest BCUT2D eigenvalue weighted by Crippen LogP contribution is 2.31. The predicted octanol–water partition coefficient (Wildman–Crippen LogP) is 2.32. The lowest BCUT2D eigenvalue weighted by Crippen LogP contribution is -2.35. The van der Waals surface area contributed by atoms with Gasteiger partial charge in [0.1, 0.15) is 5.75 Å². The second kappa shape index (κ2) is 6.74. The molecule has 0 saturated carbocycles. The number of ether oxygens (including phenoxy) is 1. The quantitative estimate of drug-likeness (QED) is 0.939. The first-order valence-corrected chi connectivity index (χ1v) is 7.92. The van der Waals surface area contributed by atoms with Crippen LogP contribution in [0.5, 0.6) is 5.75 Å². The average molecular weight is 324 g/mol. The van der Waals surface area contributed by atoms with E-state index in [0.29, 0.717) is 24.3 Å². The zero-order valence-corrected chi connectivity index (χ0v) is 13.8. The van der Waals surface area contributed by atoms with Gasteiger partial charge in [-0.05, 0) is 42.7 Å². The van der Waals surface area contributed by atoms with Gasteiger partial charge in [0.25, 0.3) is 11.8 Å². The average Bonchev–Trinajstić information content (AvgIpc) is 2.59. The zero-order chi connectivity index (χ0) is 17.1. The first-order chi connectivity index (χ1) is 11.6. The minimum absolute atomic E-state index is 0.0625. The highest BCUT2D eigenvalue weighted by atomic mass is 16.5. The molecule has 0 aromatic heterocycles. The molecule has 0 unspecified atom stereocenters. The summed E-state index contributed by atoms with van der Waals surface area (Å²) in [6, 6.07) is 13.3. The molecule has 0 atom stereocenters. The van der Waals surface area contributed by atoms with Gasteiger partial charge in [0.05, 0.1) is 5.69 Å². The molecule has 1 N–H and O–H groups in total. The molecule has 1 heterocycles. The maximum absolute atomic E-state index is 12.2. The molecule has 5 heteroatoms. The number of hydrogen-bond donors (Lipinski definition) is 1. The van der Waals surface area contributed by atoms with Crippen LogP contribution in [0.3, 0.4) is 0 Å². The van der Waals surface area contributed by atoms with Gasteiger partial charge in [-0.15, -0.1) is 0 Å². The number of amides is 2. The van der Waals surface area contributed by atoms with E-state index in [1.807, 2.05) is 49.4 Å². The Morgan fingerprint density at radius 3 is 2.83 bits per heavy atom. The Balaban J connectivity index is 1.63. The summed E-state index contributed by atoms with van der Waals surface area (Å²) in [6.45, 7) is 2.53. The summed E-state index contributed by atoms with van der Waals surface area (Å²) >= 11 is 0. The summed E-state index contributed by atoms with van der Waals surface area (Å²) in [7, 11) is 1.74. The predicted molar refractivity (Wildman–Crippen MR) is 92.6 cm³/mol. The topological polar surface area (TPSA) is 58.6 Å². The second-order valence-electron chi connectivity index (χ2n) is 5.86. The maximum atomic E-state index is 12.2. The van der Waals surface area contributed by atoms with Crippen molar-refractivity contribution in [1.82, 2.24) is 5.32 Å². The van der Waals surface area contributed by atoms with Crippen LogP contribution in [0.1, 0.15) is 21.5 Å². The molecular weight excluding hydrogens is 304 g/mol. The van der Waals surface area contributed by atoms with E-state index < -0.39 is 0 Å². The van der Waals surface area contributed by atoms with Gasteiger partial charge in [-0.3, -0.25) is 9.59 Å². The molecular formula is C19H20N2O3. The normalized spacial score (nSPS) is 13.2. The molecule has 0 aliphatic carbocycles. The Hall–Kier alpha value is -2.82. The third kappa shape index (κ3) is 3.25. The first kappa shape index (κ1) is 16.1. The molecule has 1 aliphatic rings. The van der Waals surface area contributed by atoms with Crippen LogP contribution in [0.25, 0.3) is 0 Å². The molecule has 1 aliphatic heterocycles. The molecule has 0 radical (unpaired) electrons. The maximum Gasteiger partial charge on any atom is 0.264 e. The molecule has 0 bridgehead atoms. The fourth-order valence-electron chi connectivity index (χ4n) is 2.72. The number of carbonyl (C=O) groups excluding carboxylic acids is 2. The molecule has 2 amide bonds. The van der Waals surface area contributed by atoms with Gasteiger partial charge >= 0.3 is 0 Å². The van der Waals surface area contributed by atoms with Gasteiger partial charge in [-0.1, -0.05) is 24.3 Å². The van der Waals surface area contributed by atoms with Crippen molar-refractivity contribution < 1.29 is 14.3 Å². The van der Waals surface area contributed by atoms with Crippen molar-refractivity contribution in [2.24, 2.45) is 0 Å². The van der Waals surface area contributed by atoms with Gasteiger partial charge < -0.3 is 15.0 Å². The summed E-state index contributed by atoms with van der Waals surface area (Å²) in [6.07, 6.45) is 0.687. The van der Waals surface area contributed by atoms with Crippen molar-refractivity contribution >= 4 is 17.5 Å². The van der Waals surface area contributed by atoms with Crippen molar-refractivity contribution in [3.63, 3.8) is 0 Å². The third-order valence-corrected chi connectivity index (χ3v) is 4.20. The van der Waals surface area contributed by atoms with Crippen molar-refractivity contribution in [2.45, 2.75) is 13.3 Å². The minimum Gasteiger partial charge on any atom is -0.482 e. The summed E-state index contributed by atoms with van der Waals surface area (Å²) in [4.78, 5) is 25.5. The van der Waals surface area contributed by atoms with Crippen molar-refractivity contribution in [3.05, 3.63) is 59.2 Å². The molecule has 3 rings (SSSR count). The molecule has 2 aromatic rings. The highest BCUT2D eigenvalue weighted by molar-refractivity contribution is 5.97. The smallest absolute Gasteiger partial charge is 0.264 e. The molecule has 0 spiro atoms. The Kier molecular flexibility index (Phi) is 4.51. The summed E-state index contributed by atoms with van der Waals surface area (Å²) in [5, 5.41) is 2.94. The van der Waals surface area contributed by atoms with Crippen molar-refractivity contribution in [3.8, 4) is 5.75 Å². The molecule has 2 aromatic carbocycles. The molecule has 24 heavy (non-hydrogen) atoms. The lowest BCUT2D eigenvalue weighted by Gasteiger charge is -2.26. The van der Waals surface area contributed by atoms with Crippen LogP contribution in [0, 0.1) is 6.92 Å². The first-order valence-electron chi connectivity index (χ1n) is 7.92. The SMILES string of the molecule is Cc1ccccc1C(=O)NCCc1ccc2c(c1)N(C)C(=O)CO2. The number of hydrogen-bond acceptors (Lipinski definition) is 3. The number of aryl methyl sites for hydroxylation is 1. The van der Waals surface area contributed by atoms with Crippen molar-refractivity contribution in [2.75, 3.05) is 25.1 Å². The minimum atomic E-state index is -0.0679. The second-order valence-corrected chi connectivity index (χ2v) is 5.86. The Labute approximate surface area is 141 Å². The van der Waals surface area contributed by atoms with Crippen LogP contribution < -0.4 is 15.0 Å². The van der Waals surface area contributed by atoms with Crippen LogP contribution >= 0.6 is 0 Å². The lowest BCUT2D eigenvalue weighted by molar-refractivity contribution is -0.120. The molecule has 0 fully saturated rings. The van der Waals surface area contributed by atoms with Crippen LogP contribution in [0.4, 0.5) is 5.69 Å². The Morgan fingerprint density at radius 1 is 1.25 bits per heavy atom. The van der Waals surface area contributed by atoms with E-state index in [-0.39, 0.29) is 18.4 Å². The lowest BCUT2D eigenvalue weighted by atomic mass is 10.1. The number of carbonyl (C=O) groups is 2. The number of likely N-dealkylation sites (N-methyl/N-ethyl adjacent to an activating group) is 1. The van der Waals surface area contributed by atoms with E-state index in [2.05, 4.69) is 5.32 Å². The van der Waals surface area contributed by atoms with E-state index >= 15 is 0 Å². The van der Waals surface area contributed by atoms with E-state index in [9.17, 15) is 9.59 Å². The van der Waals surface area contributed by atoms with E-state index in [0.717, 1.165) is 16.8 Å². The van der Waals surface area contributed by atoms with Crippen LogP contribution in [0.15, 0.2) is 42.5 Å². The van der Waals surface area contributed by atoms with E-state index in [1.165, 1.54) is 0 Å². The number of fused-ring (bicyclic) bond motifs is 1. The fourth-order valence-corrected chi connectivity index (χ4v) is 2.72. The number of anilines is 1. The largest absolute Gasteiger partial charge is 0.482 e. The standard InChI is InChI=1S/C19H20N2O3/c1-13-5-3-4-6-15(13)19(23)20-10-9-14-7-8-17-16(11-14)21(2)18(22)12-24-17/h3-8,11H,9-10,12H2,1-2H3,(H,20,23). The number of rotatable bonds is 4. The Morgan fingerprint density at radius 2 is 2.04 bits per heavy atom. The highest BCUT2D eigenvalue weighted by Gasteiger charge is 2.22. The Bertz CT molecular complexity index is 786. The number of benzene rings is 2. The fraction of sp³-hybridized carbons (Fsp3) is 0.263. The third-order valence-electron chi connectivity index (χ3n) is 4.20. The van der Waals surface area contributed by atoms with Crippen molar-refractivity contribution in [1.29, 1.82) is 0 Å². The van der Waals surface area contributed by atoms with Crippen LogP contribution in [-0.2, 0) is 11.2 Å². The van der Waals surface area contributed by atoms with Gasteiger partial charge in [0, 0.05) is 19.2 Å². The molecule has 5 nitrogen and oxygen atoms in total. The van der Waals surface area contributed by atoms with Gasteiger partial charge in [-0.25, -0.2) is 0 Å². The van der Waals surface area contributed by atoms with Crippen LogP contribution in [-0.4, -0.2) is 32.0 Å². The van der Waals surface area contributed by atoms with E-state index in [1.54, 1.807) is 11.9 Å². The number of nitrogens with zero attached hydrogens (tertiary/aromatic N) is 1. The summed E-state index contributed by atoms with van der Waals surface area (Å²) < 4.78 is 5.41. The monoisotopic (exact) mass is 324 g/mol. The molecule has 0 saturated heterocycles. The zero-order valence-electron chi connectivity index (χ0n) is 13.8. The van der Waals surface area contributed by atoms with Gasteiger partial charge in [0.2, 0.25) is 0 Å².